The van der Waals surface area contributed by atoms with Crippen molar-refractivity contribution in [1.82, 2.24) is 15.4 Å². The number of hydrogen-bond donors (Lipinski definition) is 3. The molecule has 2 heterocycles. The number of pyridine rings is 1. The van der Waals surface area contributed by atoms with Crippen LogP contribution in [0, 0.1) is 0 Å². The van der Waals surface area contributed by atoms with Crippen molar-refractivity contribution in [2.45, 2.75) is 0 Å². The Bertz CT molecular complexity index is 448. The van der Waals surface area contributed by atoms with E-state index >= 15 is 0 Å². The fraction of sp³-hybridized carbons (Fsp3) is 0. The smallest absolute Gasteiger partial charge is 0.282 e. The van der Waals surface area contributed by atoms with E-state index < -0.39 is 0 Å². The molecular formula is C8H8N4O. The topological polar surface area (TPSA) is 83.8 Å². The SMILES string of the molecule is NNC(=O)c1[nH]cc2ncccc12. The highest BCUT2D eigenvalue weighted by molar-refractivity contribution is 6.04. The highest BCUT2D eigenvalue weighted by Gasteiger charge is 2.09. The van der Waals surface area contributed by atoms with Gasteiger partial charge < -0.3 is 4.98 Å². The zero-order chi connectivity index (χ0) is 9.26. The van der Waals surface area contributed by atoms with Crippen molar-refractivity contribution in [3.05, 3.63) is 30.2 Å². The number of amides is 1. The summed E-state index contributed by atoms with van der Waals surface area (Å²) < 4.78 is 0. The van der Waals surface area contributed by atoms with Gasteiger partial charge in [-0.15, -0.1) is 0 Å². The first-order chi connectivity index (χ1) is 6.33. The molecule has 0 unspecified atom stereocenters. The Hall–Kier alpha value is -1.88. The van der Waals surface area contributed by atoms with E-state index in [0.29, 0.717) is 5.69 Å². The number of aromatic nitrogens is 2. The number of hydrogen-bond acceptors (Lipinski definition) is 3. The number of nitrogens with one attached hydrogen (secondary N) is 2. The van der Waals surface area contributed by atoms with Crippen LogP contribution >= 0.6 is 0 Å². The number of nitrogens with two attached hydrogens (primary N) is 1. The molecule has 0 aliphatic rings. The first-order valence-electron chi connectivity index (χ1n) is 3.76. The van der Waals surface area contributed by atoms with E-state index in [9.17, 15) is 4.79 Å². The molecule has 0 saturated heterocycles. The predicted molar refractivity (Wildman–Crippen MR) is 47.7 cm³/mol. The molecule has 1 amide bonds. The van der Waals surface area contributed by atoms with Crippen LogP contribution in [0.15, 0.2) is 24.5 Å². The predicted octanol–water partition coefficient (Wildman–Crippen LogP) is 0.166. The maximum atomic E-state index is 11.2. The number of rotatable bonds is 1. The molecule has 0 aromatic carbocycles. The number of nitrogens with zero attached hydrogens (tertiary/aromatic N) is 1. The van der Waals surface area contributed by atoms with Gasteiger partial charge in [-0.1, -0.05) is 0 Å². The molecule has 2 aromatic heterocycles. The summed E-state index contributed by atoms with van der Waals surface area (Å²) in [7, 11) is 0. The second kappa shape index (κ2) is 2.87. The van der Waals surface area contributed by atoms with E-state index in [0.717, 1.165) is 10.9 Å². The lowest BCUT2D eigenvalue weighted by Crippen LogP contribution is -2.30. The Kier molecular flexibility index (Phi) is 1.71. The number of aromatic amines is 1. The lowest BCUT2D eigenvalue weighted by molar-refractivity contribution is 0.0951. The highest BCUT2D eigenvalue weighted by Crippen LogP contribution is 2.14. The van der Waals surface area contributed by atoms with E-state index in [-0.39, 0.29) is 5.91 Å². The first kappa shape index (κ1) is 7.75. The minimum Gasteiger partial charge on any atom is -0.355 e. The summed E-state index contributed by atoms with van der Waals surface area (Å²) in [6.07, 6.45) is 3.33. The molecule has 5 heteroatoms. The molecule has 0 spiro atoms. The maximum absolute atomic E-state index is 11.2. The number of H-pyrrole nitrogens is 1. The molecule has 13 heavy (non-hydrogen) atoms. The summed E-state index contributed by atoms with van der Waals surface area (Å²) in [5.41, 5.74) is 3.25. The van der Waals surface area contributed by atoms with Gasteiger partial charge >= 0.3 is 0 Å². The average Bonchev–Trinajstić information content (AvgIpc) is 2.60. The summed E-state index contributed by atoms with van der Waals surface area (Å²) in [5.74, 6) is 4.67. The average molecular weight is 176 g/mol. The van der Waals surface area contributed by atoms with Crippen molar-refractivity contribution in [2.75, 3.05) is 0 Å². The van der Waals surface area contributed by atoms with Gasteiger partial charge in [-0.3, -0.25) is 15.2 Å². The third kappa shape index (κ3) is 1.15. The number of nitrogen functional groups attached to an aromatic ring is 1. The van der Waals surface area contributed by atoms with Crippen molar-refractivity contribution in [1.29, 1.82) is 0 Å². The van der Waals surface area contributed by atoms with E-state index in [1.807, 2.05) is 6.07 Å². The molecule has 0 atom stereocenters. The summed E-state index contributed by atoms with van der Waals surface area (Å²) in [4.78, 5) is 18.1. The van der Waals surface area contributed by atoms with Crippen molar-refractivity contribution >= 4 is 16.8 Å². The van der Waals surface area contributed by atoms with Gasteiger partial charge in [-0.2, -0.15) is 0 Å². The number of hydrazine groups is 1. The summed E-state index contributed by atoms with van der Waals surface area (Å²) in [5, 5.41) is 0.769. The molecule has 0 aliphatic carbocycles. The second-order valence-corrected chi connectivity index (χ2v) is 2.57. The van der Waals surface area contributed by atoms with Crippen molar-refractivity contribution in [3.8, 4) is 0 Å². The fourth-order valence-corrected chi connectivity index (χ4v) is 1.22. The normalized spacial score (nSPS) is 10.2. The van der Waals surface area contributed by atoms with Crippen molar-refractivity contribution in [3.63, 3.8) is 0 Å². The number of carbonyl (C=O) groups excluding carboxylic acids is 1. The molecule has 2 aromatic rings. The van der Waals surface area contributed by atoms with E-state index in [1.165, 1.54) is 0 Å². The van der Waals surface area contributed by atoms with Crippen LogP contribution in [-0.2, 0) is 0 Å². The number of carbonyl (C=O) groups is 1. The third-order valence-corrected chi connectivity index (χ3v) is 1.82. The minimum atomic E-state index is -0.344. The van der Waals surface area contributed by atoms with Gasteiger partial charge in [0.1, 0.15) is 5.69 Å². The molecular weight excluding hydrogens is 168 g/mol. The van der Waals surface area contributed by atoms with Crippen molar-refractivity contribution in [2.24, 2.45) is 5.84 Å². The minimum absolute atomic E-state index is 0.344. The quantitative estimate of drug-likeness (QED) is 0.329. The van der Waals surface area contributed by atoms with Crippen LogP contribution in [-0.4, -0.2) is 15.9 Å². The van der Waals surface area contributed by atoms with Crippen LogP contribution in [0.25, 0.3) is 10.9 Å². The third-order valence-electron chi connectivity index (χ3n) is 1.82. The lowest BCUT2D eigenvalue weighted by Gasteiger charge is -1.95. The van der Waals surface area contributed by atoms with Gasteiger partial charge in [0.15, 0.2) is 0 Å². The Balaban J connectivity index is 2.64. The Morgan fingerprint density at radius 3 is 3.23 bits per heavy atom. The molecule has 2 rings (SSSR count). The van der Waals surface area contributed by atoms with Gasteiger partial charge in [0.05, 0.1) is 5.52 Å². The zero-order valence-electron chi connectivity index (χ0n) is 6.74. The standard InChI is InChI=1S/C8H8N4O/c9-12-8(13)7-5-2-1-3-10-6(5)4-11-7/h1-4,11H,9H2,(H,12,13). The van der Waals surface area contributed by atoms with Crippen LogP contribution in [0.2, 0.25) is 0 Å². The van der Waals surface area contributed by atoms with E-state index in [2.05, 4.69) is 15.4 Å². The summed E-state index contributed by atoms with van der Waals surface area (Å²) >= 11 is 0. The maximum Gasteiger partial charge on any atom is 0.282 e. The Morgan fingerprint density at radius 1 is 1.62 bits per heavy atom. The largest absolute Gasteiger partial charge is 0.355 e. The molecule has 0 bridgehead atoms. The van der Waals surface area contributed by atoms with Crippen LogP contribution in [0.1, 0.15) is 10.5 Å². The first-order valence-corrected chi connectivity index (χ1v) is 3.76. The van der Waals surface area contributed by atoms with Gasteiger partial charge in [-0.05, 0) is 12.1 Å². The van der Waals surface area contributed by atoms with Crippen LogP contribution in [0.5, 0.6) is 0 Å². The summed E-state index contributed by atoms with van der Waals surface area (Å²) in [6.45, 7) is 0. The van der Waals surface area contributed by atoms with Crippen LogP contribution < -0.4 is 11.3 Å². The Morgan fingerprint density at radius 2 is 2.46 bits per heavy atom. The summed E-state index contributed by atoms with van der Waals surface area (Å²) in [6, 6.07) is 3.58. The van der Waals surface area contributed by atoms with Crippen molar-refractivity contribution < 1.29 is 4.79 Å². The van der Waals surface area contributed by atoms with Gasteiger partial charge in [0.2, 0.25) is 0 Å². The van der Waals surface area contributed by atoms with E-state index in [4.69, 9.17) is 5.84 Å². The molecule has 0 radical (unpaired) electrons. The lowest BCUT2D eigenvalue weighted by atomic mass is 10.2. The number of fused-ring (bicyclic) bond motifs is 1. The molecule has 66 valence electrons. The Labute approximate surface area is 73.9 Å². The zero-order valence-corrected chi connectivity index (χ0v) is 6.74. The molecule has 0 aliphatic heterocycles. The van der Waals surface area contributed by atoms with Crippen LogP contribution in [0.4, 0.5) is 0 Å². The molecule has 4 N–H and O–H groups in total. The van der Waals surface area contributed by atoms with E-state index in [1.54, 1.807) is 18.5 Å². The molecule has 0 fully saturated rings. The van der Waals surface area contributed by atoms with Gasteiger partial charge in [-0.25, -0.2) is 5.84 Å². The van der Waals surface area contributed by atoms with Gasteiger partial charge in [0.25, 0.3) is 5.91 Å². The van der Waals surface area contributed by atoms with Crippen LogP contribution in [0.3, 0.4) is 0 Å². The molecule has 5 nitrogen and oxygen atoms in total. The highest BCUT2D eigenvalue weighted by atomic mass is 16.2. The molecule has 0 saturated carbocycles. The fourth-order valence-electron chi connectivity index (χ4n) is 1.22. The second-order valence-electron chi connectivity index (χ2n) is 2.57. The van der Waals surface area contributed by atoms with Gasteiger partial charge in [0, 0.05) is 17.8 Å². The monoisotopic (exact) mass is 176 g/mol.